The van der Waals surface area contributed by atoms with Crippen LogP contribution < -0.4 is 9.46 Å². The second-order valence-corrected chi connectivity index (χ2v) is 8.26. The van der Waals surface area contributed by atoms with Gasteiger partial charge in [-0.1, -0.05) is 5.92 Å². The SMILES string of the molecule is COc1ncc(-c2ccc3ncc(C#CC(C)(C)O)n3n2)cc1NSc1ccc(F)cc1. The van der Waals surface area contributed by atoms with E-state index in [1.54, 1.807) is 50.0 Å². The standard InChI is InChI=1S/C23H20FN5O2S/c1-23(2,30)11-10-17-14-25-21-9-8-19(27-29(17)21)15-12-20(22(31-3)26-13-15)28-32-18-6-4-16(24)5-7-18/h4-9,12-14,28,30H,1-3H3. The second-order valence-electron chi connectivity index (χ2n) is 7.38. The molecule has 32 heavy (non-hydrogen) atoms. The molecule has 4 rings (SSSR count). The maximum atomic E-state index is 13.1. The number of hydrogen-bond donors (Lipinski definition) is 2. The summed E-state index contributed by atoms with van der Waals surface area (Å²) in [6.07, 6.45) is 3.28. The lowest BCUT2D eigenvalue weighted by molar-refractivity contribution is 0.143. The zero-order chi connectivity index (χ0) is 22.7. The number of benzene rings is 1. The van der Waals surface area contributed by atoms with Gasteiger partial charge in [-0.25, -0.2) is 18.9 Å². The van der Waals surface area contributed by atoms with Crippen LogP contribution in [0.25, 0.3) is 16.9 Å². The molecule has 0 amide bonds. The summed E-state index contributed by atoms with van der Waals surface area (Å²) in [6, 6.07) is 11.7. The Morgan fingerprint density at radius 2 is 1.91 bits per heavy atom. The molecule has 7 nitrogen and oxygen atoms in total. The molecule has 1 aromatic carbocycles. The highest BCUT2D eigenvalue weighted by Gasteiger charge is 2.12. The van der Waals surface area contributed by atoms with Gasteiger partial charge in [0.05, 0.1) is 19.0 Å². The van der Waals surface area contributed by atoms with E-state index in [0.717, 1.165) is 10.5 Å². The Morgan fingerprint density at radius 1 is 1.12 bits per heavy atom. The molecule has 3 heterocycles. The third-order valence-corrected chi connectivity index (χ3v) is 5.12. The van der Waals surface area contributed by atoms with Crippen molar-refractivity contribution >= 4 is 23.3 Å². The van der Waals surface area contributed by atoms with Crippen molar-refractivity contribution in [3.63, 3.8) is 0 Å². The minimum atomic E-state index is -1.12. The van der Waals surface area contributed by atoms with Gasteiger partial charge in [0.15, 0.2) is 5.65 Å². The predicted molar refractivity (Wildman–Crippen MR) is 122 cm³/mol. The van der Waals surface area contributed by atoms with Gasteiger partial charge in [-0.15, -0.1) is 0 Å². The molecule has 0 aliphatic carbocycles. The Labute approximate surface area is 188 Å². The number of aliphatic hydroxyl groups is 1. The Balaban J connectivity index is 1.66. The van der Waals surface area contributed by atoms with Gasteiger partial charge in [0.2, 0.25) is 5.88 Å². The Morgan fingerprint density at radius 3 is 2.62 bits per heavy atom. The quantitative estimate of drug-likeness (QED) is 0.349. The van der Waals surface area contributed by atoms with Crippen molar-refractivity contribution in [2.75, 3.05) is 11.8 Å². The molecule has 0 aliphatic heterocycles. The van der Waals surface area contributed by atoms with Gasteiger partial charge in [0.25, 0.3) is 0 Å². The van der Waals surface area contributed by atoms with Crippen molar-refractivity contribution in [3.8, 4) is 29.0 Å². The topological polar surface area (TPSA) is 84.6 Å². The summed E-state index contributed by atoms with van der Waals surface area (Å²) in [5.74, 6) is 5.82. The van der Waals surface area contributed by atoms with Gasteiger partial charge >= 0.3 is 0 Å². The fraction of sp³-hybridized carbons (Fsp3) is 0.174. The number of methoxy groups -OCH3 is 1. The van der Waals surface area contributed by atoms with E-state index in [1.807, 2.05) is 18.2 Å². The number of nitrogens with zero attached hydrogens (tertiary/aromatic N) is 4. The third-order valence-electron chi connectivity index (χ3n) is 4.29. The summed E-state index contributed by atoms with van der Waals surface area (Å²) in [4.78, 5) is 9.52. The van der Waals surface area contributed by atoms with E-state index in [-0.39, 0.29) is 5.82 Å². The summed E-state index contributed by atoms with van der Waals surface area (Å²) in [7, 11) is 1.54. The maximum Gasteiger partial charge on any atom is 0.237 e. The maximum absolute atomic E-state index is 13.1. The number of rotatable bonds is 5. The number of aromatic nitrogens is 4. The van der Waals surface area contributed by atoms with Crippen LogP contribution in [0.1, 0.15) is 19.5 Å². The molecular formula is C23H20FN5O2S. The van der Waals surface area contributed by atoms with Crippen LogP contribution in [0.5, 0.6) is 5.88 Å². The van der Waals surface area contributed by atoms with Crippen LogP contribution in [0.4, 0.5) is 10.1 Å². The molecular weight excluding hydrogens is 429 g/mol. The largest absolute Gasteiger partial charge is 0.480 e. The van der Waals surface area contributed by atoms with Gasteiger partial charge in [-0.2, -0.15) is 5.10 Å². The fourth-order valence-corrected chi connectivity index (χ4v) is 3.42. The number of pyridine rings is 1. The first-order valence-corrected chi connectivity index (χ1v) is 10.5. The molecule has 0 atom stereocenters. The van der Waals surface area contributed by atoms with E-state index in [1.165, 1.54) is 24.1 Å². The number of anilines is 1. The highest BCUT2D eigenvalue weighted by molar-refractivity contribution is 8.00. The number of halogens is 1. The molecule has 0 saturated carbocycles. The molecule has 0 saturated heterocycles. The van der Waals surface area contributed by atoms with Gasteiger partial charge in [-0.05, 0) is 74.2 Å². The molecule has 9 heteroatoms. The van der Waals surface area contributed by atoms with Gasteiger partial charge in [0.1, 0.15) is 22.8 Å². The molecule has 0 bridgehead atoms. The molecule has 3 aromatic heterocycles. The van der Waals surface area contributed by atoms with Crippen LogP contribution in [-0.2, 0) is 0 Å². The summed E-state index contributed by atoms with van der Waals surface area (Å²) < 4.78 is 23.3. The first kappa shape index (κ1) is 21.6. The van der Waals surface area contributed by atoms with E-state index >= 15 is 0 Å². The van der Waals surface area contributed by atoms with Crippen molar-refractivity contribution < 1.29 is 14.2 Å². The lowest BCUT2D eigenvalue weighted by Crippen LogP contribution is -2.14. The van der Waals surface area contributed by atoms with Crippen LogP contribution >= 0.6 is 11.9 Å². The van der Waals surface area contributed by atoms with Gasteiger partial charge in [0, 0.05) is 16.7 Å². The van der Waals surface area contributed by atoms with Crippen LogP contribution in [0.15, 0.2) is 59.8 Å². The smallest absolute Gasteiger partial charge is 0.237 e. The average Bonchev–Trinajstić information content (AvgIpc) is 3.19. The predicted octanol–water partition coefficient (Wildman–Crippen LogP) is 4.18. The third kappa shape index (κ3) is 4.99. The van der Waals surface area contributed by atoms with Crippen molar-refractivity contribution in [1.29, 1.82) is 0 Å². The summed E-state index contributed by atoms with van der Waals surface area (Å²) >= 11 is 1.32. The first-order valence-electron chi connectivity index (χ1n) is 9.65. The van der Waals surface area contributed by atoms with Crippen molar-refractivity contribution in [2.45, 2.75) is 24.3 Å². The highest BCUT2D eigenvalue weighted by atomic mass is 32.2. The van der Waals surface area contributed by atoms with Gasteiger partial charge in [-0.3, -0.25) is 0 Å². The highest BCUT2D eigenvalue weighted by Crippen LogP contribution is 2.31. The zero-order valence-corrected chi connectivity index (χ0v) is 18.4. The molecule has 4 aromatic rings. The number of ether oxygens (including phenoxy) is 1. The average molecular weight is 450 g/mol. The number of imidazole rings is 1. The molecule has 2 N–H and O–H groups in total. The van der Waals surface area contributed by atoms with Crippen molar-refractivity contribution in [2.24, 2.45) is 0 Å². The van der Waals surface area contributed by atoms with Crippen molar-refractivity contribution in [3.05, 3.63) is 66.4 Å². The van der Waals surface area contributed by atoms with E-state index in [4.69, 9.17) is 4.74 Å². The van der Waals surface area contributed by atoms with Crippen molar-refractivity contribution in [1.82, 2.24) is 19.6 Å². The molecule has 0 unspecified atom stereocenters. The minimum absolute atomic E-state index is 0.289. The molecule has 0 radical (unpaired) electrons. The first-order chi connectivity index (χ1) is 15.3. The van der Waals surface area contributed by atoms with Crippen LogP contribution in [0, 0.1) is 17.7 Å². The number of nitrogens with one attached hydrogen (secondary N) is 1. The molecule has 162 valence electrons. The number of hydrogen-bond acceptors (Lipinski definition) is 7. The minimum Gasteiger partial charge on any atom is -0.480 e. The molecule has 0 spiro atoms. The Bertz CT molecular complexity index is 1320. The van der Waals surface area contributed by atoms with E-state index < -0.39 is 5.60 Å². The summed E-state index contributed by atoms with van der Waals surface area (Å²) in [5, 5.41) is 14.5. The van der Waals surface area contributed by atoms with E-state index in [0.29, 0.717) is 28.6 Å². The summed E-state index contributed by atoms with van der Waals surface area (Å²) in [5.41, 5.74) is 2.14. The van der Waals surface area contributed by atoms with Gasteiger partial charge < -0.3 is 14.6 Å². The Kier molecular flexibility index (Phi) is 5.99. The van der Waals surface area contributed by atoms with Crippen LogP contribution in [0.2, 0.25) is 0 Å². The van der Waals surface area contributed by atoms with E-state index in [9.17, 15) is 9.50 Å². The lowest BCUT2D eigenvalue weighted by Gasteiger charge is -2.11. The van der Waals surface area contributed by atoms with Crippen LogP contribution in [0.3, 0.4) is 0 Å². The lowest BCUT2D eigenvalue weighted by atomic mass is 10.1. The second kappa shape index (κ2) is 8.86. The van der Waals surface area contributed by atoms with E-state index in [2.05, 4.69) is 31.6 Å². The normalized spacial score (nSPS) is 11.2. The molecule has 0 fully saturated rings. The summed E-state index contributed by atoms with van der Waals surface area (Å²) in [6.45, 7) is 3.23. The number of fused-ring (bicyclic) bond motifs is 1. The monoisotopic (exact) mass is 449 g/mol. The fourth-order valence-electron chi connectivity index (χ4n) is 2.77. The van der Waals surface area contributed by atoms with Crippen LogP contribution in [-0.4, -0.2) is 37.4 Å². The molecule has 0 aliphatic rings. The zero-order valence-electron chi connectivity index (χ0n) is 17.6. The Hall–Kier alpha value is -3.61.